The van der Waals surface area contributed by atoms with Gasteiger partial charge in [0.2, 0.25) is 0 Å². The minimum absolute atomic E-state index is 0.224. The smallest absolute Gasteiger partial charge is 0.128 e. The number of nitrogen functional groups attached to an aromatic ring is 1. The molecule has 3 nitrogen and oxygen atoms in total. The Morgan fingerprint density at radius 2 is 1.95 bits per heavy atom. The van der Waals surface area contributed by atoms with Crippen LogP contribution in [0.25, 0.3) is 10.9 Å². The molecule has 0 radical (unpaired) electrons. The Balaban J connectivity index is 2.04. The molecule has 1 heterocycles. The van der Waals surface area contributed by atoms with Gasteiger partial charge in [-0.05, 0) is 48.9 Å². The van der Waals surface area contributed by atoms with Crippen LogP contribution in [0.3, 0.4) is 0 Å². The topological polar surface area (TPSA) is 50.9 Å². The lowest BCUT2D eigenvalue weighted by atomic mass is 10.1. The van der Waals surface area contributed by atoms with Gasteiger partial charge < -0.3 is 11.1 Å². The molecule has 0 spiro atoms. The molecule has 0 fully saturated rings. The monoisotopic (exact) mass is 267 g/mol. The number of pyridine rings is 1. The Bertz CT molecular complexity index is 784. The second-order valence-electron chi connectivity index (χ2n) is 4.72. The number of anilines is 3. The summed E-state index contributed by atoms with van der Waals surface area (Å²) in [5.41, 5.74) is 9.44. The SMILES string of the molecule is Cc1ccc(Nc2ccnc3cc(N)ccc23)cc1F. The molecule has 0 aliphatic carbocycles. The van der Waals surface area contributed by atoms with Crippen molar-refractivity contribution in [2.24, 2.45) is 0 Å². The van der Waals surface area contributed by atoms with Crippen molar-refractivity contribution >= 4 is 28.0 Å². The average Bonchev–Trinajstić information content (AvgIpc) is 2.43. The third-order valence-corrected chi connectivity index (χ3v) is 3.22. The Morgan fingerprint density at radius 1 is 1.10 bits per heavy atom. The first-order chi connectivity index (χ1) is 9.63. The molecule has 0 amide bonds. The van der Waals surface area contributed by atoms with Gasteiger partial charge in [0.05, 0.1) is 5.52 Å². The van der Waals surface area contributed by atoms with Crippen LogP contribution < -0.4 is 11.1 Å². The summed E-state index contributed by atoms with van der Waals surface area (Å²) in [5.74, 6) is -0.224. The number of hydrogen-bond acceptors (Lipinski definition) is 3. The third-order valence-electron chi connectivity index (χ3n) is 3.22. The Hall–Kier alpha value is -2.62. The van der Waals surface area contributed by atoms with Gasteiger partial charge in [-0.15, -0.1) is 0 Å². The summed E-state index contributed by atoms with van der Waals surface area (Å²) in [6, 6.07) is 12.5. The summed E-state index contributed by atoms with van der Waals surface area (Å²) in [6.07, 6.45) is 1.70. The highest BCUT2D eigenvalue weighted by molar-refractivity contribution is 5.94. The molecule has 0 unspecified atom stereocenters. The maximum atomic E-state index is 13.6. The first-order valence-electron chi connectivity index (χ1n) is 6.31. The zero-order chi connectivity index (χ0) is 14.1. The van der Waals surface area contributed by atoms with Crippen molar-refractivity contribution in [3.63, 3.8) is 0 Å². The third kappa shape index (κ3) is 2.28. The van der Waals surface area contributed by atoms with Crippen LogP contribution in [0.15, 0.2) is 48.7 Å². The zero-order valence-corrected chi connectivity index (χ0v) is 11.0. The summed E-state index contributed by atoms with van der Waals surface area (Å²) >= 11 is 0. The minimum Gasteiger partial charge on any atom is -0.399 e. The molecular formula is C16H14FN3. The fourth-order valence-corrected chi connectivity index (χ4v) is 2.10. The molecule has 3 aromatic rings. The summed E-state index contributed by atoms with van der Waals surface area (Å²) in [5, 5.41) is 4.16. The number of aryl methyl sites for hydroxylation is 1. The summed E-state index contributed by atoms with van der Waals surface area (Å²) in [4.78, 5) is 4.28. The summed E-state index contributed by atoms with van der Waals surface area (Å²) in [7, 11) is 0. The van der Waals surface area contributed by atoms with Crippen LogP contribution in [0.2, 0.25) is 0 Å². The first-order valence-corrected chi connectivity index (χ1v) is 6.31. The Labute approximate surface area is 116 Å². The van der Waals surface area contributed by atoms with Crippen LogP contribution in [0.5, 0.6) is 0 Å². The van der Waals surface area contributed by atoms with Gasteiger partial charge in [-0.2, -0.15) is 0 Å². The number of halogens is 1. The van der Waals surface area contributed by atoms with Crippen LogP contribution >= 0.6 is 0 Å². The van der Waals surface area contributed by atoms with E-state index < -0.39 is 0 Å². The van der Waals surface area contributed by atoms with Crippen molar-refractivity contribution in [2.45, 2.75) is 6.92 Å². The predicted molar refractivity (Wildman–Crippen MR) is 80.6 cm³/mol. The number of benzene rings is 2. The molecular weight excluding hydrogens is 253 g/mol. The number of nitrogens with two attached hydrogens (primary N) is 1. The van der Waals surface area contributed by atoms with E-state index in [0.29, 0.717) is 16.9 Å². The van der Waals surface area contributed by atoms with E-state index in [-0.39, 0.29) is 5.82 Å². The quantitative estimate of drug-likeness (QED) is 0.690. The minimum atomic E-state index is -0.224. The second-order valence-corrected chi connectivity index (χ2v) is 4.72. The molecule has 0 saturated carbocycles. The largest absolute Gasteiger partial charge is 0.399 e. The van der Waals surface area contributed by atoms with Crippen molar-refractivity contribution in [3.05, 3.63) is 60.0 Å². The van der Waals surface area contributed by atoms with Gasteiger partial charge >= 0.3 is 0 Å². The Kier molecular flexibility index (Phi) is 2.99. The fraction of sp³-hybridized carbons (Fsp3) is 0.0625. The van der Waals surface area contributed by atoms with Gasteiger partial charge in [0, 0.05) is 28.6 Å². The number of rotatable bonds is 2. The molecule has 3 rings (SSSR count). The van der Waals surface area contributed by atoms with Crippen LogP contribution in [0, 0.1) is 12.7 Å². The van der Waals surface area contributed by atoms with Crippen molar-refractivity contribution < 1.29 is 4.39 Å². The maximum Gasteiger partial charge on any atom is 0.128 e. The lowest BCUT2D eigenvalue weighted by molar-refractivity contribution is 0.619. The second kappa shape index (κ2) is 4.81. The number of hydrogen-bond donors (Lipinski definition) is 2. The molecule has 0 aliphatic rings. The van der Waals surface area contributed by atoms with Crippen molar-refractivity contribution in [2.75, 3.05) is 11.1 Å². The highest BCUT2D eigenvalue weighted by Gasteiger charge is 2.04. The number of nitrogens with one attached hydrogen (secondary N) is 1. The fourth-order valence-electron chi connectivity index (χ4n) is 2.10. The van der Waals surface area contributed by atoms with E-state index in [0.717, 1.165) is 16.6 Å². The van der Waals surface area contributed by atoms with Gasteiger partial charge in [0.15, 0.2) is 0 Å². The predicted octanol–water partition coefficient (Wildman–Crippen LogP) is 4.01. The van der Waals surface area contributed by atoms with E-state index >= 15 is 0 Å². The van der Waals surface area contributed by atoms with E-state index in [1.54, 1.807) is 19.2 Å². The number of fused-ring (bicyclic) bond motifs is 1. The number of aromatic nitrogens is 1. The average molecular weight is 267 g/mol. The van der Waals surface area contributed by atoms with E-state index in [9.17, 15) is 4.39 Å². The Morgan fingerprint density at radius 3 is 2.75 bits per heavy atom. The molecule has 4 heteroatoms. The van der Waals surface area contributed by atoms with E-state index in [1.165, 1.54) is 6.07 Å². The van der Waals surface area contributed by atoms with E-state index in [4.69, 9.17) is 5.73 Å². The molecule has 0 aliphatic heterocycles. The lowest BCUT2D eigenvalue weighted by Gasteiger charge is -2.10. The van der Waals surface area contributed by atoms with Gasteiger partial charge in [0.25, 0.3) is 0 Å². The van der Waals surface area contributed by atoms with Crippen LogP contribution in [0.4, 0.5) is 21.5 Å². The number of nitrogens with zero attached hydrogens (tertiary/aromatic N) is 1. The molecule has 2 aromatic carbocycles. The van der Waals surface area contributed by atoms with Crippen molar-refractivity contribution in [3.8, 4) is 0 Å². The van der Waals surface area contributed by atoms with E-state index in [2.05, 4.69) is 10.3 Å². The summed E-state index contributed by atoms with van der Waals surface area (Å²) < 4.78 is 13.6. The van der Waals surface area contributed by atoms with Crippen molar-refractivity contribution in [1.29, 1.82) is 0 Å². The van der Waals surface area contributed by atoms with Gasteiger partial charge in [-0.3, -0.25) is 4.98 Å². The van der Waals surface area contributed by atoms with E-state index in [1.807, 2.05) is 30.3 Å². The van der Waals surface area contributed by atoms with Crippen LogP contribution in [-0.2, 0) is 0 Å². The highest BCUT2D eigenvalue weighted by atomic mass is 19.1. The van der Waals surface area contributed by atoms with Gasteiger partial charge in [-0.1, -0.05) is 6.07 Å². The zero-order valence-electron chi connectivity index (χ0n) is 11.0. The standard InChI is InChI=1S/C16H14FN3/c1-10-2-4-12(9-14(10)17)20-15-6-7-19-16-8-11(18)3-5-13(15)16/h2-9H,18H2,1H3,(H,19,20). The first kappa shape index (κ1) is 12.4. The van der Waals surface area contributed by atoms with Gasteiger partial charge in [0.1, 0.15) is 5.82 Å². The lowest BCUT2D eigenvalue weighted by Crippen LogP contribution is -1.95. The summed E-state index contributed by atoms with van der Waals surface area (Å²) in [6.45, 7) is 1.74. The molecule has 0 saturated heterocycles. The molecule has 20 heavy (non-hydrogen) atoms. The molecule has 100 valence electrons. The van der Waals surface area contributed by atoms with Crippen molar-refractivity contribution in [1.82, 2.24) is 4.98 Å². The maximum absolute atomic E-state index is 13.6. The highest BCUT2D eigenvalue weighted by Crippen LogP contribution is 2.27. The van der Waals surface area contributed by atoms with Crippen LogP contribution in [-0.4, -0.2) is 4.98 Å². The normalized spacial score (nSPS) is 10.7. The molecule has 1 aromatic heterocycles. The molecule has 0 atom stereocenters. The van der Waals surface area contributed by atoms with Gasteiger partial charge in [-0.25, -0.2) is 4.39 Å². The molecule has 0 bridgehead atoms. The van der Waals surface area contributed by atoms with Crippen LogP contribution in [0.1, 0.15) is 5.56 Å². The molecule has 3 N–H and O–H groups in total.